The number of non-ortho nitro benzene ring substituents is 1. The molecule has 10 nitrogen and oxygen atoms in total. The second kappa shape index (κ2) is 10.3. The highest BCUT2D eigenvalue weighted by Gasteiger charge is 2.11. The molecule has 0 bridgehead atoms. The van der Waals surface area contributed by atoms with Crippen molar-refractivity contribution in [2.45, 2.75) is 6.92 Å². The van der Waals surface area contributed by atoms with Gasteiger partial charge in [-0.2, -0.15) is 13.5 Å². The Hall–Kier alpha value is -2.60. The Labute approximate surface area is 173 Å². The molecular formula is C17H19ClN4O6S. The summed E-state index contributed by atoms with van der Waals surface area (Å²) in [6.07, 6.45) is 0. The number of anilines is 1. The average molecular weight is 443 g/mol. The number of halogens is 1. The Morgan fingerprint density at radius 3 is 2.41 bits per heavy atom. The molecule has 0 aliphatic rings. The van der Waals surface area contributed by atoms with E-state index in [1.165, 1.54) is 18.2 Å². The monoisotopic (exact) mass is 442 g/mol. The molecule has 29 heavy (non-hydrogen) atoms. The van der Waals surface area contributed by atoms with Gasteiger partial charge >= 0.3 is 10.4 Å². The van der Waals surface area contributed by atoms with E-state index in [2.05, 4.69) is 14.4 Å². The van der Waals surface area contributed by atoms with Gasteiger partial charge in [-0.05, 0) is 37.3 Å². The summed E-state index contributed by atoms with van der Waals surface area (Å²) in [5.41, 5.74) is 1.59. The Balaban J connectivity index is 2.03. The van der Waals surface area contributed by atoms with E-state index in [-0.39, 0.29) is 17.3 Å². The van der Waals surface area contributed by atoms with Gasteiger partial charge < -0.3 is 4.90 Å². The molecule has 0 spiro atoms. The van der Waals surface area contributed by atoms with Gasteiger partial charge in [0, 0.05) is 30.9 Å². The first-order valence-corrected chi connectivity index (χ1v) is 10.1. The van der Waals surface area contributed by atoms with Crippen LogP contribution in [0.15, 0.2) is 52.7 Å². The maximum absolute atomic E-state index is 11.2. The molecule has 2 aromatic carbocycles. The third-order valence-corrected chi connectivity index (χ3v) is 4.97. The third-order valence-electron chi connectivity index (χ3n) is 3.80. The van der Waals surface area contributed by atoms with Crippen molar-refractivity contribution in [2.24, 2.45) is 10.2 Å². The molecule has 0 saturated heterocycles. The first-order valence-electron chi connectivity index (χ1n) is 8.41. The zero-order valence-corrected chi connectivity index (χ0v) is 17.3. The van der Waals surface area contributed by atoms with Crippen LogP contribution in [-0.2, 0) is 18.8 Å². The number of hydrogen-bond acceptors (Lipinski definition) is 9. The molecule has 156 valence electrons. The van der Waals surface area contributed by atoms with E-state index in [1.807, 2.05) is 11.8 Å². The van der Waals surface area contributed by atoms with Crippen molar-refractivity contribution >= 4 is 44.7 Å². The second-order valence-electron chi connectivity index (χ2n) is 5.59. The van der Waals surface area contributed by atoms with E-state index in [4.69, 9.17) is 15.8 Å². The van der Waals surface area contributed by atoms with Crippen molar-refractivity contribution in [1.82, 2.24) is 0 Å². The standard InChI is InChI=1S/C17H19ClN4O6S/c1-3-21(10-11-28-29(25,26)27-2)14-6-4-13(5-7-14)19-20-17-9-8-15(22(23)24)12-16(17)18/h4-9,12H,3,10-11H2,1-2H3. The summed E-state index contributed by atoms with van der Waals surface area (Å²) < 4.78 is 31.3. The fourth-order valence-electron chi connectivity index (χ4n) is 2.30. The molecule has 0 aliphatic carbocycles. The van der Waals surface area contributed by atoms with Crippen LogP contribution in [0.25, 0.3) is 0 Å². The van der Waals surface area contributed by atoms with Crippen LogP contribution in [-0.4, -0.2) is 40.1 Å². The van der Waals surface area contributed by atoms with E-state index < -0.39 is 15.3 Å². The lowest BCUT2D eigenvalue weighted by Gasteiger charge is -2.22. The molecule has 2 rings (SSSR count). The van der Waals surface area contributed by atoms with Crippen LogP contribution in [0.4, 0.5) is 22.7 Å². The summed E-state index contributed by atoms with van der Waals surface area (Å²) in [5.74, 6) is 0. The largest absolute Gasteiger partial charge is 0.399 e. The van der Waals surface area contributed by atoms with Crippen LogP contribution in [0, 0.1) is 10.1 Å². The molecule has 0 N–H and O–H groups in total. The Kier molecular flexibility index (Phi) is 8.02. The van der Waals surface area contributed by atoms with Gasteiger partial charge in [0.25, 0.3) is 5.69 Å². The Morgan fingerprint density at radius 1 is 1.17 bits per heavy atom. The van der Waals surface area contributed by atoms with Crippen molar-refractivity contribution in [1.29, 1.82) is 0 Å². The molecule has 2 aromatic rings. The summed E-state index contributed by atoms with van der Waals surface area (Å²) >= 11 is 5.99. The normalized spacial score (nSPS) is 11.7. The maximum Gasteiger partial charge on any atom is 0.399 e. The molecule has 0 unspecified atom stereocenters. The molecule has 0 heterocycles. The van der Waals surface area contributed by atoms with Crippen LogP contribution in [0.2, 0.25) is 5.02 Å². The zero-order chi connectivity index (χ0) is 21.4. The lowest BCUT2D eigenvalue weighted by Crippen LogP contribution is -2.28. The first kappa shape index (κ1) is 22.7. The van der Waals surface area contributed by atoms with Gasteiger partial charge in [0.15, 0.2) is 0 Å². The predicted molar refractivity (Wildman–Crippen MR) is 108 cm³/mol. The molecule has 0 amide bonds. The van der Waals surface area contributed by atoms with E-state index in [0.717, 1.165) is 12.8 Å². The fourth-order valence-corrected chi connectivity index (χ4v) is 2.89. The van der Waals surface area contributed by atoms with E-state index in [9.17, 15) is 18.5 Å². The summed E-state index contributed by atoms with van der Waals surface area (Å²) in [6.45, 7) is 2.85. The summed E-state index contributed by atoms with van der Waals surface area (Å²) in [4.78, 5) is 12.1. The number of nitrogens with zero attached hydrogens (tertiary/aromatic N) is 4. The highest BCUT2D eigenvalue weighted by molar-refractivity contribution is 7.81. The number of likely N-dealkylation sites (N-methyl/N-ethyl adjacent to an activating group) is 1. The number of hydrogen-bond donors (Lipinski definition) is 0. The number of azo groups is 1. The minimum atomic E-state index is -3.96. The quantitative estimate of drug-likeness (QED) is 0.303. The van der Waals surface area contributed by atoms with Crippen molar-refractivity contribution in [2.75, 3.05) is 31.7 Å². The SMILES string of the molecule is CCN(CCOS(=O)(=O)OC)c1ccc(N=Nc2ccc([N+](=O)[O-])cc2Cl)cc1. The number of nitro groups is 1. The lowest BCUT2D eigenvalue weighted by molar-refractivity contribution is -0.384. The molecule has 0 aromatic heterocycles. The van der Waals surface area contributed by atoms with Crippen molar-refractivity contribution in [3.05, 3.63) is 57.6 Å². The minimum Gasteiger partial charge on any atom is -0.369 e. The zero-order valence-electron chi connectivity index (χ0n) is 15.7. The summed E-state index contributed by atoms with van der Waals surface area (Å²) in [7, 11) is -2.93. The van der Waals surface area contributed by atoms with Gasteiger partial charge in [-0.25, -0.2) is 4.18 Å². The van der Waals surface area contributed by atoms with Crippen LogP contribution in [0.1, 0.15) is 6.92 Å². The minimum absolute atomic E-state index is 0.0515. The molecular weight excluding hydrogens is 424 g/mol. The van der Waals surface area contributed by atoms with Crippen LogP contribution in [0.3, 0.4) is 0 Å². The van der Waals surface area contributed by atoms with Crippen LogP contribution in [0.5, 0.6) is 0 Å². The van der Waals surface area contributed by atoms with Gasteiger partial charge in [0.2, 0.25) is 0 Å². The number of rotatable bonds is 10. The summed E-state index contributed by atoms with van der Waals surface area (Å²) in [6, 6.07) is 11.0. The van der Waals surface area contributed by atoms with Gasteiger partial charge in [0.05, 0.1) is 29.4 Å². The first-order chi connectivity index (χ1) is 13.8. The molecule has 0 atom stereocenters. The maximum atomic E-state index is 11.2. The van der Waals surface area contributed by atoms with Crippen molar-refractivity contribution in [3.63, 3.8) is 0 Å². The van der Waals surface area contributed by atoms with Crippen molar-refractivity contribution < 1.29 is 21.7 Å². The van der Waals surface area contributed by atoms with E-state index >= 15 is 0 Å². The highest BCUT2D eigenvalue weighted by Crippen LogP contribution is 2.30. The van der Waals surface area contributed by atoms with Crippen LogP contribution >= 0.6 is 11.6 Å². The lowest BCUT2D eigenvalue weighted by atomic mass is 10.2. The average Bonchev–Trinajstić information content (AvgIpc) is 2.70. The van der Waals surface area contributed by atoms with Gasteiger partial charge in [-0.3, -0.25) is 14.3 Å². The predicted octanol–water partition coefficient (Wildman–Crippen LogP) is 4.40. The Bertz CT molecular complexity index is 982. The van der Waals surface area contributed by atoms with Gasteiger partial charge in [-0.15, -0.1) is 5.11 Å². The van der Waals surface area contributed by atoms with E-state index in [1.54, 1.807) is 24.3 Å². The molecule has 0 fully saturated rings. The molecule has 0 aliphatic heterocycles. The second-order valence-corrected chi connectivity index (χ2v) is 7.38. The van der Waals surface area contributed by atoms with Gasteiger partial charge in [-0.1, -0.05) is 11.6 Å². The fraction of sp³-hybridized carbons (Fsp3) is 0.294. The molecule has 0 saturated carbocycles. The summed E-state index contributed by atoms with van der Waals surface area (Å²) in [5, 5.41) is 18.9. The number of nitro benzene ring substituents is 1. The highest BCUT2D eigenvalue weighted by atomic mass is 35.5. The van der Waals surface area contributed by atoms with Crippen LogP contribution < -0.4 is 4.90 Å². The Morgan fingerprint density at radius 2 is 1.86 bits per heavy atom. The molecule has 12 heteroatoms. The van der Waals surface area contributed by atoms with E-state index in [0.29, 0.717) is 24.5 Å². The topological polar surface area (TPSA) is 124 Å². The van der Waals surface area contributed by atoms with Gasteiger partial charge in [0.1, 0.15) is 5.69 Å². The smallest absolute Gasteiger partial charge is 0.369 e. The third kappa shape index (κ3) is 6.75. The van der Waals surface area contributed by atoms with Crippen molar-refractivity contribution in [3.8, 4) is 0 Å². The number of benzene rings is 2. The molecule has 0 radical (unpaired) electrons.